The maximum Gasteiger partial charge on any atom is 0.338 e. The van der Waals surface area contributed by atoms with Crippen molar-refractivity contribution in [2.75, 3.05) is 11.5 Å². The summed E-state index contributed by atoms with van der Waals surface area (Å²) in [5.74, 6) is -0.793. The Morgan fingerprint density at radius 3 is 2.56 bits per heavy atom. The number of carboxylic acids is 1. The number of hydrogen-bond acceptors (Lipinski definition) is 6. The zero-order chi connectivity index (χ0) is 14.0. The number of halogens is 1. The molecule has 1 atom stereocenters. The quantitative estimate of drug-likeness (QED) is 0.341. The third-order valence-corrected chi connectivity index (χ3v) is 4.58. The fourth-order valence-corrected chi connectivity index (χ4v) is 3.26. The van der Waals surface area contributed by atoms with E-state index in [1.165, 1.54) is 44.6 Å². The van der Waals surface area contributed by atoms with E-state index in [-0.39, 0.29) is 12.3 Å². The van der Waals surface area contributed by atoms with Crippen molar-refractivity contribution in [2.24, 2.45) is 0 Å². The molecule has 0 unspecified atom stereocenters. The van der Waals surface area contributed by atoms with Gasteiger partial charge in [-0.25, -0.2) is 4.79 Å². The third kappa shape index (κ3) is 8.86. The Kier molecular flexibility index (Phi) is 10.6. The molecule has 104 valence electrons. The van der Waals surface area contributed by atoms with Gasteiger partial charge in [0.05, 0.1) is 6.42 Å². The Morgan fingerprint density at radius 1 is 1.39 bits per heavy atom. The molecule has 0 spiro atoms. The molecule has 0 aromatic heterocycles. The second kappa shape index (κ2) is 10.7. The fraction of sp³-hybridized carbons (Fsp3) is 0.667. The lowest BCUT2D eigenvalue weighted by atomic mass is 10.3. The van der Waals surface area contributed by atoms with Crippen molar-refractivity contribution in [2.45, 2.75) is 25.8 Å². The Morgan fingerprint density at radius 2 is 2.06 bits per heavy atom. The molecular formula is C9H14INO5S2. The van der Waals surface area contributed by atoms with Gasteiger partial charge in [0.25, 0.3) is 0 Å². The Hall–Kier alpha value is -0.160. The first-order valence-corrected chi connectivity index (χ1v) is 8.46. The zero-order valence-electron chi connectivity index (χ0n) is 9.68. The van der Waals surface area contributed by atoms with E-state index in [0.717, 1.165) is 0 Å². The van der Waals surface area contributed by atoms with Crippen LogP contribution in [0.1, 0.15) is 19.8 Å². The Balaban J connectivity index is 3.97. The first-order chi connectivity index (χ1) is 8.51. The molecule has 1 amide bonds. The van der Waals surface area contributed by atoms with E-state index in [1.807, 2.05) is 0 Å². The Labute approximate surface area is 127 Å². The molecule has 0 radical (unpaired) electrons. The normalized spacial score (nSPS) is 11.7. The van der Waals surface area contributed by atoms with Gasteiger partial charge in [-0.2, -0.15) is 0 Å². The molecule has 0 heterocycles. The first kappa shape index (κ1) is 17.8. The van der Waals surface area contributed by atoms with E-state index in [2.05, 4.69) is 8.38 Å². The number of carbonyl (C=O) groups excluding carboxylic acids is 2. The minimum atomic E-state index is -0.856. The van der Waals surface area contributed by atoms with Crippen molar-refractivity contribution >= 4 is 62.4 Å². The van der Waals surface area contributed by atoms with Crippen molar-refractivity contribution in [1.82, 2.24) is 5.32 Å². The maximum absolute atomic E-state index is 11.4. The standard InChI is InChI=1S/C9H14INO5S2/c1-2-7(12)11-6(9(15)16-10)5-18-17-4-3-8(13)14/h6H,2-5H2,1H3,(H,11,12)(H,13,14)/t6-/m1/s1. The summed E-state index contributed by atoms with van der Waals surface area (Å²) in [4.78, 5) is 32.9. The molecule has 0 fully saturated rings. The first-order valence-electron chi connectivity index (χ1n) is 5.09. The number of amides is 1. The third-order valence-electron chi connectivity index (χ3n) is 1.73. The lowest BCUT2D eigenvalue weighted by Crippen LogP contribution is -2.42. The van der Waals surface area contributed by atoms with Crippen LogP contribution in [0, 0.1) is 0 Å². The van der Waals surface area contributed by atoms with Crippen LogP contribution in [-0.4, -0.2) is 40.5 Å². The minimum absolute atomic E-state index is 0.0698. The van der Waals surface area contributed by atoms with E-state index in [9.17, 15) is 14.4 Å². The molecule has 0 aromatic rings. The molecular weight excluding hydrogens is 393 g/mol. The average molecular weight is 407 g/mol. The summed E-state index contributed by atoms with van der Waals surface area (Å²) in [7, 11) is 2.68. The van der Waals surface area contributed by atoms with Crippen LogP contribution in [0.3, 0.4) is 0 Å². The molecule has 0 rings (SSSR count). The summed E-state index contributed by atoms with van der Waals surface area (Å²) in [6.45, 7) is 1.69. The van der Waals surface area contributed by atoms with Crippen LogP contribution in [0.2, 0.25) is 0 Å². The largest absolute Gasteiger partial charge is 0.481 e. The van der Waals surface area contributed by atoms with Gasteiger partial charge in [-0.15, -0.1) is 0 Å². The van der Waals surface area contributed by atoms with Gasteiger partial charge in [0.15, 0.2) is 23.0 Å². The molecule has 9 heteroatoms. The second-order valence-electron chi connectivity index (χ2n) is 3.12. The molecule has 2 N–H and O–H groups in total. The van der Waals surface area contributed by atoms with Crippen LogP contribution >= 0.6 is 44.6 Å². The van der Waals surface area contributed by atoms with Gasteiger partial charge in [0.1, 0.15) is 6.04 Å². The topological polar surface area (TPSA) is 92.7 Å². The summed E-state index contributed by atoms with van der Waals surface area (Å²) >= 11 is 1.47. The van der Waals surface area contributed by atoms with E-state index in [4.69, 9.17) is 5.11 Å². The zero-order valence-corrected chi connectivity index (χ0v) is 13.5. The van der Waals surface area contributed by atoms with Gasteiger partial charge in [0.2, 0.25) is 5.91 Å². The predicted octanol–water partition coefficient (Wildman–Crippen LogP) is 1.63. The predicted molar refractivity (Wildman–Crippen MR) is 79.5 cm³/mol. The molecule has 0 aliphatic carbocycles. The highest BCUT2D eigenvalue weighted by atomic mass is 127. The van der Waals surface area contributed by atoms with Crippen LogP contribution in [0.25, 0.3) is 0 Å². The fourth-order valence-electron chi connectivity index (χ4n) is 0.823. The van der Waals surface area contributed by atoms with Gasteiger partial charge < -0.3 is 13.5 Å². The van der Waals surface area contributed by atoms with Crippen molar-refractivity contribution in [3.63, 3.8) is 0 Å². The molecule has 0 bridgehead atoms. The smallest absolute Gasteiger partial charge is 0.338 e. The molecule has 18 heavy (non-hydrogen) atoms. The van der Waals surface area contributed by atoms with Crippen LogP contribution in [0.15, 0.2) is 0 Å². The van der Waals surface area contributed by atoms with Crippen LogP contribution < -0.4 is 5.32 Å². The number of rotatable bonds is 9. The number of aliphatic carboxylic acids is 1. The summed E-state index contributed by atoms with van der Waals surface area (Å²) in [5, 5.41) is 11.0. The number of carbonyl (C=O) groups is 3. The van der Waals surface area contributed by atoms with E-state index in [0.29, 0.717) is 17.9 Å². The molecule has 0 saturated heterocycles. The highest BCUT2D eigenvalue weighted by Gasteiger charge is 2.21. The van der Waals surface area contributed by atoms with Crippen molar-refractivity contribution in [3.05, 3.63) is 0 Å². The van der Waals surface area contributed by atoms with Crippen LogP contribution in [-0.2, 0) is 17.4 Å². The highest BCUT2D eigenvalue weighted by Crippen LogP contribution is 2.23. The lowest BCUT2D eigenvalue weighted by molar-refractivity contribution is -0.136. The summed E-state index contributed by atoms with van der Waals surface area (Å²) in [5.41, 5.74) is 0. The molecule has 0 aromatic carbocycles. The van der Waals surface area contributed by atoms with Crippen molar-refractivity contribution in [1.29, 1.82) is 0 Å². The number of nitrogens with one attached hydrogen (secondary N) is 1. The highest BCUT2D eigenvalue weighted by molar-refractivity contribution is 14.1. The Bertz CT molecular complexity index is 303. The van der Waals surface area contributed by atoms with Crippen molar-refractivity contribution < 1.29 is 22.6 Å². The average Bonchev–Trinajstić information content (AvgIpc) is 2.35. The maximum atomic E-state index is 11.4. The van der Waals surface area contributed by atoms with Crippen LogP contribution in [0.4, 0.5) is 0 Å². The van der Waals surface area contributed by atoms with E-state index < -0.39 is 18.0 Å². The summed E-state index contributed by atoms with van der Waals surface area (Å²) < 4.78 is 4.55. The second-order valence-corrected chi connectivity index (χ2v) is 6.19. The molecule has 0 saturated carbocycles. The monoisotopic (exact) mass is 407 g/mol. The minimum Gasteiger partial charge on any atom is -0.481 e. The molecule has 6 nitrogen and oxygen atoms in total. The lowest BCUT2D eigenvalue weighted by Gasteiger charge is -2.14. The van der Waals surface area contributed by atoms with Gasteiger partial charge in [-0.05, 0) is 0 Å². The summed E-state index contributed by atoms with van der Waals surface area (Å²) in [6.07, 6.45) is 0.363. The van der Waals surface area contributed by atoms with E-state index in [1.54, 1.807) is 6.92 Å². The number of hydrogen-bond donors (Lipinski definition) is 2. The SMILES string of the molecule is CCC(=O)N[C@H](CSSCCC(=O)O)C(=O)OI. The van der Waals surface area contributed by atoms with Gasteiger partial charge in [-0.3, -0.25) is 9.59 Å². The van der Waals surface area contributed by atoms with Gasteiger partial charge in [0, 0.05) is 17.9 Å². The van der Waals surface area contributed by atoms with Gasteiger partial charge in [-0.1, -0.05) is 28.5 Å². The summed E-state index contributed by atoms with van der Waals surface area (Å²) in [6, 6.07) is -0.698. The molecule has 0 aliphatic heterocycles. The van der Waals surface area contributed by atoms with Gasteiger partial charge >= 0.3 is 11.9 Å². The van der Waals surface area contributed by atoms with Crippen molar-refractivity contribution in [3.8, 4) is 0 Å². The molecule has 0 aliphatic rings. The van der Waals surface area contributed by atoms with Crippen LogP contribution in [0.5, 0.6) is 0 Å². The number of carboxylic acid groups (broad SMARTS) is 1. The van der Waals surface area contributed by atoms with E-state index >= 15 is 0 Å².